The minimum atomic E-state index is -3.76. The Morgan fingerprint density at radius 2 is 1.77 bits per heavy atom. The van der Waals surface area contributed by atoms with E-state index in [0.717, 1.165) is 24.8 Å². The molecule has 1 saturated heterocycles. The second kappa shape index (κ2) is 10.7. The number of benzene rings is 2. The summed E-state index contributed by atoms with van der Waals surface area (Å²) in [6, 6.07) is 12.7. The van der Waals surface area contributed by atoms with Crippen LogP contribution >= 0.6 is 0 Å². The van der Waals surface area contributed by atoms with Gasteiger partial charge in [0.25, 0.3) is 0 Å². The number of carbonyl (C=O) groups is 1. The maximum atomic E-state index is 13.1. The summed E-state index contributed by atoms with van der Waals surface area (Å²) < 4.78 is 38.1. The molecule has 1 aliphatic rings. The zero-order chi connectivity index (χ0) is 22.3. The van der Waals surface area contributed by atoms with Gasteiger partial charge in [-0.2, -0.15) is 4.31 Å². The molecule has 0 atom stereocenters. The van der Waals surface area contributed by atoms with E-state index in [9.17, 15) is 13.2 Å². The summed E-state index contributed by atoms with van der Waals surface area (Å²) in [6.45, 7) is 3.45. The van der Waals surface area contributed by atoms with Gasteiger partial charge in [0.05, 0.1) is 26.7 Å². The highest BCUT2D eigenvalue weighted by molar-refractivity contribution is 7.89. The monoisotopic (exact) mass is 446 g/mol. The molecule has 7 nitrogen and oxygen atoms in total. The highest BCUT2D eigenvalue weighted by Crippen LogP contribution is 2.30. The molecule has 3 rings (SSSR count). The third-order valence-corrected chi connectivity index (χ3v) is 7.16. The lowest BCUT2D eigenvalue weighted by Gasteiger charge is -2.26. The fourth-order valence-corrected chi connectivity index (χ4v) is 5.07. The number of aryl methyl sites for hydroxylation is 1. The second-order valence-electron chi connectivity index (χ2n) is 7.53. The molecule has 1 aliphatic heterocycles. The molecule has 168 valence electrons. The van der Waals surface area contributed by atoms with E-state index in [-0.39, 0.29) is 36.1 Å². The van der Waals surface area contributed by atoms with E-state index < -0.39 is 10.0 Å². The number of morpholine rings is 1. The summed E-state index contributed by atoms with van der Waals surface area (Å²) in [6.07, 6.45) is 3.54. The number of amides is 1. The summed E-state index contributed by atoms with van der Waals surface area (Å²) in [5, 5.41) is 2.80. The van der Waals surface area contributed by atoms with Crippen LogP contribution in [-0.4, -0.2) is 52.0 Å². The predicted octanol–water partition coefficient (Wildman–Crippen LogP) is 3.24. The molecule has 0 unspecified atom stereocenters. The fourth-order valence-electron chi connectivity index (χ4n) is 3.48. The van der Waals surface area contributed by atoms with Gasteiger partial charge in [0.2, 0.25) is 15.9 Å². The largest absolute Gasteiger partial charge is 0.495 e. The molecule has 0 bridgehead atoms. The first-order valence-corrected chi connectivity index (χ1v) is 12.0. The number of ether oxygens (including phenoxy) is 2. The van der Waals surface area contributed by atoms with Gasteiger partial charge in [-0.3, -0.25) is 4.79 Å². The first kappa shape index (κ1) is 23.2. The lowest BCUT2D eigenvalue weighted by molar-refractivity contribution is -0.115. The lowest BCUT2D eigenvalue weighted by atomic mass is 10.0. The van der Waals surface area contributed by atoms with Crippen LogP contribution in [0.1, 0.15) is 30.9 Å². The van der Waals surface area contributed by atoms with Crippen molar-refractivity contribution in [3.05, 3.63) is 53.6 Å². The van der Waals surface area contributed by atoms with Crippen molar-refractivity contribution in [2.75, 3.05) is 38.7 Å². The number of methoxy groups -OCH3 is 1. The molecule has 0 spiro atoms. The third-order valence-electron chi connectivity index (χ3n) is 5.24. The molecule has 0 aromatic heterocycles. The molecule has 2 aromatic carbocycles. The van der Waals surface area contributed by atoms with Gasteiger partial charge in [-0.15, -0.1) is 0 Å². The minimum Gasteiger partial charge on any atom is -0.495 e. The van der Waals surface area contributed by atoms with Gasteiger partial charge in [-0.25, -0.2) is 8.42 Å². The molecule has 1 amide bonds. The maximum absolute atomic E-state index is 13.1. The number of unbranched alkanes of at least 4 members (excludes halogenated alkanes) is 1. The Bertz CT molecular complexity index is 984. The molecule has 1 heterocycles. The van der Waals surface area contributed by atoms with Crippen LogP contribution in [0.4, 0.5) is 5.69 Å². The first-order chi connectivity index (χ1) is 14.9. The summed E-state index contributed by atoms with van der Waals surface area (Å²) in [5.41, 5.74) is 2.59. The van der Waals surface area contributed by atoms with E-state index in [2.05, 4.69) is 24.4 Å². The quantitative estimate of drug-likeness (QED) is 0.639. The molecule has 31 heavy (non-hydrogen) atoms. The van der Waals surface area contributed by atoms with Gasteiger partial charge in [-0.05, 0) is 42.2 Å². The molecular formula is C23H30N2O5S. The van der Waals surface area contributed by atoms with Crippen molar-refractivity contribution < 1.29 is 22.7 Å². The first-order valence-electron chi connectivity index (χ1n) is 10.6. The van der Waals surface area contributed by atoms with Gasteiger partial charge in [-0.1, -0.05) is 37.6 Å². The second-order valence-corrected chi connectivity index (χ2v) is 9.43. The SMILES string of the molecule is CCCCc1ccc(CC(=O)Nc2ccc(OC)c(S(=O)(=O)N3CCOCC3)c2)cc1. The van der Waals surface area contributed by atoms with E-state index in [1.54, 1.807) is 12.1 Å². The number of sulfonamides is 1. The molecule has 1 N–H and O–H groups in total. The highest BCUT2D eigenvalue weighted by atomic mass is 32.2. The van der Waals surface area contributed by atoms with Crippen LogP contribution in [0, 0.1) is 0 Å². The number of nitrogens with one attached hydrogen (secondary N) is 1. The Hall–Kier alpha value is -2.42. The Balaban J connectivity index is 1.71. The van der Waals surface area contributed by atoms with Crippen LogP contribution in [0.3, 0.4) is 0 Å². The number of hydrogen-bond donors (Lipinski definition) is 1. The van der Waals surface area contributed by atoms with Crippen LogP contribution < -0.4 is 10.1 Å². The smallest absolute Gasteiger partial charge is 0.246 e. The van der Waals surface area contributed by atoms with Crippen LogP contribution in [-0.2, 0) is 32.4 Å². The molecule has 8 heteroatoms. The fraction of sp³-hybridized carbons (Fsp3) is 0.435. The van der Waals surface area contributed by atoms with Gasteiger partial charge in [0, 0.05) is 18.8 Å². The summed E-state index contributed by atoms with van der Waals surface area (Å²) in [7, 11) is -2.33. The number of nitrogens with zero attached hydrogens (tertiary/aromatic N) is 1. The van der Waals surface area contributed by atoms with Crippen molar-refractivity contribution in [1.82, 2.24) is 4.31 Å². The van der Waals surface area contributed by atoms with Crippen molar-refractivity contribution >= 4 is 21.6 Å². The maximum Gasteiger partial charge on any atom is 0.246 e. The molecule has 2 aromatic rings. The number of hydrogen-bond acceptors (Lipinski definition) is 5. The predicted molar refractivity (Wildman–Crippen MR) is 120 cm³/mol. The Kier molecular flexibility index (Phi) is 8.06. The van der Waals surface area contributed by atoms with E-state index in [0.29, 0.717) is 18.9 Å². The summed E-state index contributed by atoms with van der Waals surface area (Å²) >= 11 is 0. The van der Waals surface area contributed by atoms with E-state index >= 15 is 0 Å². The van der Waals surface area contributed by atoms with Crippen molar-refractivity contribution in [3.8, 4) is 5.75 Å². The number of rotatable bonds is 9. The van der Waals surface area contributed by atoms with E-state index in [1.165, 1.54) is 23.0 Å². The number of carbonyl (C=O) groups excluding carboxylic acids is 1. The minimum absolute atomic E-state index is 0.0370. The van der Waals surface area contributed by atoms with Gasteiger partial charge in [0.1, 0.15) is 10.6 Å². The third kappa shape index (κ3) is 6.06. The molecule has 0 radical (unpaired) electrons. The van der Waals surface area contributed by atoms with Crippen LogP contribution in [0.15, 0.2) is 47.4 Å². The van der Waals surface area contributed by atoms with E-state index in [4.69, 9.17) is 9.47 Å². The van der Waals surface area contributed by atoms with Gasteiger partial charge < -0.3 is 14.8 Å². The van der Waals surface area contributed by atoms with Crippen LogP contribution in [0.25, 0.3) is 0 Å². The lowest BCUT2D eigenvalue weighted by Crippen LogP contribution is -2.40. The van der Waals surface area contributed by atoms with Crippen molar-refractivity contribution in [3.63, 3.8) is 0 Å². The Morgan fingerprint density at radius 1 is 1.10 bits per heavy atom. The van der Waals surface area contributed by atoms with Gasteiger partial charge >= 0.3 is 0 Å². The molecule has 1 fully saturated rings. The zero-order valence-corrected chi connectivity index (χ0v) is 18.9. The van der Waals surface area contributed by atoms with Crippen LogP contribution in [0.5, 0.6) is 5.75 Å². The molecule has 0 saturated carbocycles. The Labute approximate surface area is 184 Å². The van der Waals surface area contributed by atoms with Crippen LogP contribution in [0.2, 0.25) is 0 Å². The highest BCUT2D eigenvalue weighted by Gasteiger charge is 2.29. The average Bonchev–Trinajstić information content (AvgIpc) is 2.79. The Morgan fingerprint density at radius 3 is 2.42 bits per heavy atom. The molecular weight excluding hydrogens is 416 g/mol. The zero-order valence-electron chi connectivity index (χ0n) is 18.1. The molecule has 0 aliphatic carbocycles. The van der Waals surface area contributed by atoms with Crippen molar-refractivity contribution in [2.45, 2.75) is 37.5 Å². The van der Waals surface area contributed by atoms with Crippen molar-refractivity contribution in [1.29, 1.82) is 0 Å². The standard InChI is InChI=1S/C23H30N2O5S/c1-3-4-5-18-6-8-19(9-7-18)16-23(26)24-20-10-11-21(29-2)22(17-20)31(27,28)25-12-14-30-15-13-25/h6-11,17H,3-5,12-16H2,1-2H3,(H,24,26). The average molecular weight is 447 g/mol. The van der Waals surface area contributed by atoms with E-state index in [1.807, 2.05) is 12.1 Å². The van der Waals surface area contributed by atoms with Crippen molar-refractivity contribution in [2.24, 2.45) is 0 Å². The summed E-state index contributed by atoms with van der Waals surface area (Å²) in [5.74, 6) is 0.0355. The van der Waals surface area contributed by atoms with Gasteiger partial charge in [0.15, 0.2) is 0 Å². The topological polar surface area (TPSA) is 84.9 Å². The summed E-state index contributed by atoms with van der Waals surface area (Å²) in [4.78, 5) is 12.6. The number of anilines is 1. The normalized spacial score (nSPS) is 14.9.